The van der Waals surface area contributed by atoms with Gasteiger partial charge in [-0.25, -0.2) is 9.97 Å². The first kappa shape index (κ1) is 15.7. The number of fused-ring (bicyclic) bond motifs is 1. The van der Waals surface area contributed by atoms with Crippen LogP contribution in [0.4, 0.5) is 0 Å². The highest BCUT2D eigenvalue weighted by atomic mass is 16.1. The minimum absolute atomic E-state index is 0.0764. The summed E-state index contributed by atoms with van der Waals surface area (Å²) in [6.45, 7) is 6.97. The maximum Gasteiger partial charge on any atom is 0.254 e. The van der Waals surface area contributed by atoms with Gasteiger partial charge in [-0.15, -0.1) is 0 Å². The Labute approximate surface area is 137 Å². The first-order valence-corrected chi connectivity index (χ1v) is 8.13. The van der Waals surface area contributed by atoms with Gasteiger partial charge < -0.3 is 5.32 Å². The van der Waals surface area contributed by atoms with Gasteiger partial charge in [0.1, 0.15) is 6.33 Å². The molecule has 0 unspecified atom stereocenters. The third-order valence-corrected chi connectivity index (χ3v) is 4.56. The van der Waals surface area contributed by atoms with Gasteiger partial charge >= 0.3 is 0 Å². The maximum absolute atomic E-state index is 12.6. The summed E-state index contributed by atoms with van der Waals surface area (Å²) >= 11 is 0. The van der Waals surface area contributed by atoms with Crippen LogP contribution in [0, 0.1) is 5.41 Å². The molecule has 23 heavy (non-hydrogen) atoms. The molecule has 0 bridgehead atoms. The molecule has 120 valence electrons. The first-order valence-electron chi connectivity index (χ1n) is 8.13. The molecule has 0 atom stereocenters. The zero-order valence-corrected chi connectivity index (χ0v) is 14.0. The SMILES string of the molecule is CC(C)c1ncncc1C(=O)NCC1(C)Cc2ccccc2C1. The predicted octanol–water partition coefficient (Wildman–Crippen LogP) is 3.13. The quantitative estimate of drug-likeness (QED) is 0.944. The monoisotopic (exact) mass is 309 g/mol. The summed E-state index contributed by atoms with van der Waals surface area (Å²) in [6, 6.07) is 8.54. The molecule has 2 aromatic rings. The van der Waals surface area contributed by atoms with E-state index >= 15 is 0 Å². The fourth-order valence-electron chi connectivity index (χ4n) is 3.37. The topological polar surface area (TPSA) is 54.9 Å². The third-order valence-electron chi connectivity index (χ3n) is 4.56. The van der Waals surface area contributed by atoms with Gasteiger partial charge in [0, 0.05) is 12.7 Å². The van der Waals surface area contributed by atoms with Crippen molar-refractivity contribution in [1.29, 1.82) is 0 Å². The Bertz CT molecular complexity index is 699. The van der Waals surface area contributed by atoms with Gasteiger partial charge in [0.25, 0.3) is 5.91 Å². The van der Waals surface area contributed by atoms with Crippen LogP contribution in [0.25, 0.3) is 0 Å². The van der Waals surface area contributed by atoms with Crippen molar-refractivity contribution in [1.82, 2.24) is 15.3 Å². The summed E-state index contributed by atoms with van der Waals surface area (Å²) in [6.07, 6.45) is 5.13. The highest BCUT2D eigenvalue weighted by molar-refractivity contribution is 5.95. The number of carbonyl (C=O) groups is 1. The van der Waals surface area contributed by atoms with Crippen LogP contribution in [-0.4, -0.2) is 22.4 Å². The van der Waals surface area contributed by atoms with E-state index in [2.05, 4.69) is 46.5 Å². The molecule has 1 aromatic heterocycles. The van der Waals surface area contributed by atoms with Gasteiger partial charge in [-0.3, -0.25) is 4.79 Å². The van der Waals surface area contributed by atoms with Crippen LogP contribution in [0.1, 0.15) is 53.9 Å². The van der Waals surface area contributed by atoms with Crippen molar-refractivity contribution in [3.05, 3.63) is 59.2 Å². The Hall–Kier alpha value is -2.23. The Morgan fingerprint density at radius 1 is 1.26 bits per heavy atom. The van der Waals surface area contributed by atoms with E-state index in [1.807, 2.05) is 13.8 Å². The highest BCUT2D eigenvalue weighted by Crippen LogP contribution is 2.36. The minimum atomic E-state index is -0.0773. The lowest BCUT2D eigenvalue weighted by Gasteiger charge is -2.24. The van der Waals surface area contributed by atoms with E-state index in [4.69, 9.17) is 0 Å². The summed E-state index contributed by atoms with van der Waals surface area (Å²) in [5.41, 5.74) is 4.26. The normalized spacial score (nSPS) is 15.5. The smallest absolute Gasteiger partial charge is 0.254 e. The highest BCUT2D eigenvalue weighted by Gasteiger charge is 2.33. The molecule has 1 aromatic carbocycles. The Kier molecular flexibility index (Phi) is 4.16. The van der Waals surface area contributed by atoms with Gasteiger partial charge in [-0.2, -0.15) is 0 Å². The van der Waals surface area contributed by atoms with E-state index in [0.717, 1.165) is 18.5 Å². The molecule has 1 aliphatic carbocycles. The molecular formula is C19H23N3O. The number of hydrogen-bond acceptors (Lipinski definition) is 3. The van der Waals surface area contributed by atoms with Crippen molar-refractivity contribution in [2.75, 3.05) is 6.54 Å². The van der Waals surface area contributed by atoms with Crippen LogP contribution < -0.4 is 5.32 Å². The summed E-state index contributed by atoms with van der Waals surface area (Å²) in [7, 11) is 0. The minimum Gasteiger partial charge on any atom is -0.351 e. The largest absolute Gasteiger partial charge is 0.351 e. The van der Waals surface area contributed by atoms with Crippen molar-refractivity contribution < 1.29 is 4.79 Å². The fourth-order valence-corrected chi connectivity index (χ4v) is 3.37. The van der Waals surface area contributed by atoms with Gasteiger partial charge in [-0.05, 0) is 35.3 Å². The maximum atomic E-state index is 12.6. The fraction of sp³-hybridized carbons (Fsp3) is 0.421. The van der Waals surface area contributed by atoms with Crippen molar-refractivity contribution in [2.45, 2.75) is 39.5 Å². The van der Waals surface area contributed by atoms with E-state index in [1.165, 1.54) is 17.5 Å². The molecule has 1 N–H and O–H groups in total. The van der Waals surface area contributed by atoms with E-state index in [1.54, 1.807) is 6.20 Å². The Balaban J connectivity index is 1.69. The first-order chi connectivity index (χ1) is 11.0. The predicted molar refractivity (Wildman–Crippen MR) is 90.4 cm³/mol. The molecule has 1 heterocycles. The van der Waals surface area contributed by atoms with Gasteiger partial charge in [0.05, 0.1) is 11.3 Å². The average Bonchev–Trinajstić information content (AvgIpc) is 2.89. The van der Waals surface area contributed by atoms with E-state index < -0.39 is 0 Å². The Morgan fingerprint density at radius 2 is 1.91 bits per heavy atom. The van der Waals surface area contributed by atoms with Crippen molar-refractivity contribution in [3.8, 4) is 0 Å². The number of nitrogens with one attached hydrogen (secondary N) is 1. The number of benzene rings is 1. The van der Waals surface area contributed by atoms with E-state index in [-0.39, 0.29) is 17.2 Å². The number of aromatic nitrogens is 2. The lowest BCUT2D eigenvalue weighted by atomic mass is 9.87. The average molecular weight is 309 g/mol. The molecule has 4 nitrogen and oxygen atoms in total. The Morgan fingerprint density at radius 3 is 2.52 bits per heavy atom. The number of nitrogens with zero attached hydrogens (tertiary/aromatic N) is 2. The van der Waals surface area contributed by atoms with Crippen LogP contribution in [0.3, 0.4) is 0 Å². The third kappa shape index (κ3) is 3.26. The second-order valence-corrected chi connectivity index (χ2v) is 7.09. The molecule has 1 aliphatic rings. The summed E-state index contributed by atoms with van der Waals surface area (Å²) in [4.78, 5) is 20.8. The summed E-state index contributed by atoms with van der Waals surface area (Å²) in [5, 5.41) is 3.09. The van der Waals surface area contributed by atoms with Crippen LogP contribution in [0.2, 0.25) is 0 Å². The van der Waals surface area contributed by atoms with Crippen LogP contribution >= 0.6 is 0 Å². The van der Waals surface area contributed by atoms with Crippen LogP contribution in [-0.2, 0) is 12.8 Å². The lowest BCUT2D eigenvalue weighted by molar-refractivity contribution is 0.0932. The van der Waals surface area contributed by atoms with Crippen LogP contribution in [0.5, 0.6) is 0 Å². The van der Waals surface area contributed by atoms with Crippen LogP contribution in [0.15, 0.2) is 36.8 Å². The van der Waals surface area contributed by atoms with Gasteiger partial charge in [0.2, 0.25) is 0 Å². The molecule has 0 radical (unpaired) electrons. The molecule has 4 heteroatoms. The molecule has 0 fully saturated rings. The lowest BCUT2D eigenvalue weighted by Crippen LogP contribution is -2.36. The molecular weight excluding hydrogens is 286 g/mol. The molecule has 1 amide bonds. The van der Waals surface area contributed by atoms with Gasteiger partial charge in [-0.1, -0.05) is 45.0 Å². The molecule has 3 rings (SSSR count). The molecule has 0 saturated heterocycles. The molecule has 0 saturated carbocycles. The number of rotatable bonds is 4. The van der Waals surface area contributed by atoms with Crippen molar-refractivity contribution in [2.24, 2.45) is 5.41 Å². The van der Waals surface area contributed by atoms with Gasteiger partial charge in [0.15, 0.2) is 0 Å². The second kappa shape index (κ2) is 6.11. The van der Waals surface area contributed by atoms with Crippen molar-refractivity contribution >= 4 is 5.91 Å². The number of amides is 1. The molecule has 0 spiro atoms. The van der Waals surface area contributed by atoms with Crippen molar-refractivity contribution in [3.63, 3.8) is 0 Å². The number of carbonyl (C=O) groups excluding carboxylic acids is 1. The summed E-state index contributed by atoms with van der Waals surface area (Å²) in [5.74, 6) is 0.122. The number of hydrogen-bond donors (Lipinski definition) is 1. The standard InChI is InChI=1S/C19H23N3O/c1-13(2)17-16(10-20-12-22-17)18(23)21-11-19(3)8-14-6-4-5-7-15(14)9-19/h4-7,10,12-13H,8-9,11H2,1-3H3,(H,21,23). The second-order valence-electron chi connectivity index (χ2n) is 7.09. The van der Waals surface area contributed by atoms with E-state index in [9.17, 15) is 4.79 Å². The zero-order valence-electron chi connectivity index (χ0n) is 14.0. The summed E-state index contributed by atoms with van der Waals surface area (Å²) < 4.78 is 0. The molecule has 0 aliphatic heterocycles. The zero-order chi connectivity index (χ0) is 16.4. The van der Waals surface area contributed by atoms with E-state index in [0.29, 0.717) is 12.1 Å².